The van der Waals surface area contributed by atoms with E-state index in [1.807, 2.05) is 30.6 Å². The minimum Gasteiger partial charge on any atom is -0.497 e. The van der Waals surface area contributed by atoms with E-state index in [0.717, 1.165) is 22.8 Å². The number of nitrogens with two attached hydrogens (primary N) is 1. The van der Waals surface area contributed by atoms with E-state index in [0.29, 0.717) is 6.04 Å². The number of hydrogen-bond donors (Lipinski definition) is 1. The summed E-state index contributed by atoms with van der Waals surface area (Å²) >= 11 is 0. The van der Waals surface area contributed by atoms with E-state index in [-0.39, 0.29) is 0 Å². The molecule has 4 nitrogen and oxygen atoms in total. The van der Waals surface area contributed by atoms with Gasteiger partial charge < -0.3 is 15.0 Å². The maximum atomic E-state index is 6.13. The first-order valence-electron chi connectivity index (χ1n) is 5.76. The normalized spacial score (nSPS) is 14.9. The number of methoxy groups -OCH3 is 1. The summed E-state index contributed by atoms with van der Waals surface area (Å²) in [5, 5.41) is 0. The molecule has 88 valence electrons. The molecule has 0 unspecified atom stereocenters. The van der Waals surface area contributed by atoms with Crippen LogP contribution in [0.1, 0.15) is 18.9 Å². The zero-order valence-corrected chi connectivity index (χ0v) is 9.76. The highest BCUT2D eigenvalue weighted by atomic mass is 16.5. The second kappa shape index (κ2) is 3.80. The Kier molecular flexibility index (Phi) is 2.28. The highest BCUT2D eigenvalue weighted by molar-refractivity contribution is 5.71. The van der Waals surface area contributed by atoms with E-state index in [1.165, 1.54) is 12.8 Å². The van der Waals surface area contributed by atoms with Gasteiger partial charge in [0.2, 0.25) is 0 Å². The van der Waals surface area contributed by atoms with Gasteiger partial charge in [0.05, 0.1) is 13.4 Å². The third kappa shape index (κ3) is 1.75. The van der Waals surface area contributed by atoms with Crippen LogP contribution >= 0.6 is 0 Å². The standard InChI is InChI=1S/C13H15N3O/c1-17-11-4-2-3-9(7-11)12-13(14)16(8-15-12)10-5-6-10/h2-4,7-8,10H,5-6,14H2,1H3. The van der Waals surface area contributed by atoms with Crippen LogP contribution in [0.5, 0.6) is 5.75 Å². The fourth-order valence-corrected chi connectivity index (χ4v) is 2.01. The van der Waals surface area contributed by atoms with Crippen molar-refractivity contribution in [3.8, 4) is 17.0 Å². The van der Waals surface area contributed by atoms with Crippen molar-refractivity contribution in [2.24, 2.45) is 0 Å². The van der Waals surface area contributed by atoms with Crippen LogP contribution in [0.25, 0.3) is 11.3 Å². The molecule has 1 heterocycles. The molecule has 4 heteroatoms. The number of nitrogen functional groups attached to an aromatic ring is 1. The molecule has 0 aliphatic heterocycles. The van der Waals surface area contributed by atoms with Crippen molar-refractivity contribution < 1.29 is 4.74 Å². The summed E-state index contributed by atoms with van der Waals surface area (Å²) in [5.74, 6) is 1.57. The van der Waals surface area contributed by atoms with Gasteiger partial charge in [0.25, 0.3) is 0 Å². The second-order valence-electron chi connectivity index (χ2n) is 4.35. The molecule has 1 aromatic carbocycles. The molecule has 17 heavy (non-hydrogen) atoms. The highest BCUT2D eigenvalue weighted by Crippen LogP contribution is 2.39. The monoisotopic (exact) mass is 229 g/mol. The van der Waals surface area contributed by atoms with Crippen LogP contribution in [0.3, 0.4) is 0 Å². The molecule has 1 saturated carbocycles. The molecule has 0 spiro atoms. The fourth-order valence-electron chi connectivity index (χ4n) is 2.01. The first kappa shape index (κ1) is 10.2. The molecule has 0 atom stereocenters. The number of ether oxygens (including phenoxy) is 1. The average Bonchev–Trinajstić information content (AvgIpc) is 3.13. The lowest BCUT2D eigenvalue weighted by Crippen LogP contribution is -1.99. The minimum absolute atomic E-state index is 0.557. The zero-order valence-electron chi connectivity index (χ0n) is 9.76. The molecule has 0 bridgehead atoms. The van der Waals surface area contributed by atoms with Crippen molar-refractivity contribution in [1.29, 1.82) is 0 Å². The van der Waals surface area contributed by atoms with Crippen molar-refractivity contribution in [3.63, 3.8) is 0 Å². The Bertz CT molecular complexity index is 543. The number of rotatable bonds is 3. The van der Waals surface area contributed by atoms with Gasteiger partial charge in [0.1, 0.15) is 17.3 Å². The summed E-state index contributed by atoms with van der Waals surface area (Å²) in [7, 11) is 1.66. The van der Waals surface area contributed by atoms with Gasteiger partial charge in [0.15, 0.2) is 0 Å². The summed E-state index contributed by atoms with van der Waals surface area (Å²) in [6.07, 6.45) is 4.25. The zero-order chi connectivity index (χ0) is 11.8. The van der Waals surface area contributed by atoms with Crippen molar-refractivity contribution in [2.75, 3.05) is 12.8 Å². The molecular formula is C13H15N3O. The molecule has 1 aliphatic rings. The Morgan fingerprint density at radius 2 is 2.24 bits per heavy atom. The maximum Gasteiger partial charge on any atom is 0.131 e. The molecule has 2 aromatic rings. The van der Waals surface area contributed by atoms with Gasteiger partial charge in [0, 0.05) is 11.6 Å². The molecular weight excluding hydrogens is 214 g/mol. The van der Waals surface area contributed by atoms with E-state index in [9.17, 15) is 0 Å². The number of anilines is 1. The van der Waals surface area contributed by atoms with Gasteiger partial charge in [-0.25, -0.2) is 4.98 Å². The van der Waals surface area contributed by atoms with Gasteiger partial charge in [-0.15, -0.1) is 0 Å². The lowest BCUT2D eigenvalue weighted by atomic mass is 10.1. The second-order valence-corrected chi connectivity index (χ2v) is 4.35. The lowest BCUT2D eigenvalue weighted by Gasteiger charge is -2.05. The Morgan fingerprint density at radius 1 is 1.41 bits per heavy atom. The number of nitrogens with zero attached hydrogens (tertiary/aromatic N) is 2. The van der Waals surface area contributed by atoms with Gasteiger partial charge in [-0.1, -0.05) is 12.1 Å². The van der Waals surface area contributed by atoms with Gasteiger partial charge in [-0.05, 0) is 25.0 Å². The molecule has 1 fully saturated rings. The summed E-state index contributed by atoms with van der Waals surface area (Å²) in [6, 6.07) is 8.37. The molecule has 0 radical (unpaired) electrons. The van der Waals surface area contributed by atoms with Crippen LogP contribution < -0.4 is 10.5 Å². The molecule has 0 saturated heterocycles. The van der Waals surface area contributed by atoms with Crippen LogP contribution in [0.2, 0.25) is 0 Å². The molecule has 2 N–H and O–H groups in total. The van der Waals surface area contributed by atoms with Gasteiger partial charge >= 0.3 is 0 Å². The van der Waals surface area contributed by atoms with E-state index >= 15 is 0 Å². The predicted octanol–water partition coefficient (Wildman–Crippen LogP) is 2.48. The maximum absolute atomic E-state index is 6.13. The highest BCUT2D eigenvalue weighted by Gasteiger charge is 2.26. The lowest BCUT2D eigenvalue weighted by molar-refractivity contribution is 0.415. The number of hydrogen-bond acceptors (Lipinski definition) is 3. The topological polar surface area (TPSA) is 53.1 Å². The van der Waals surface area contributed by atoms with Crippen molar-refractivity contribution >= 4 is 5.82 Å². The molecule has 0 amide bonds. The quantitative estimate of drug-likeness (QED) is 0.879. The van der Waals surface area contributed by atoms with Crippen molar-refractivity contribution in [3.05, 3.63) is 30.6 Å². The van der Waals surface area contributed by atoms with E-state index in [1.54, 1.807) is 7.11 Å². The summed E-state index contributed by atoms with van der Waals surface area (Å²) in [6.45, 7) is 0. The number of benzene rings is 1. The number of imidazole rings is 1. The average molecular weight is 229 g/mol. The first-order chi connectivity index (χ1) is 8.29. The molecule has 1 aromatic heterocycles. The predicted molar refractivity (Wildman–Crippen MR) is 66.9 cm³/mol. The van der Waals surface area contributed by atoms with Crippen molar-refractivity contribution in [1.82, 2.24) is 9.55 Å². The first-order valence-corrected chi connectivity index (χ1v) is 5.76. The molecule has 1 aliphatic carbocycles. The Hall–Kier alpha value is -1.97. The van der Waals surface area contributed by atoms with E-state index in [2.05, 4.69) is 9.55 Å². The van der Waals surface area contributed by atoms with Crippen LogP contribution in [-0.4, -0.2) is 16.7 Å². The summed E-state index contributed by atoms with van der Waals surface area (Å²) < 4.78 is 7.27. The third-order valence-corrected chi connectivity index (χ3v) is 3.12. The summed E-state index contributed by atoms with van der Waals surface area (Å²) in [4.78, 5) is 4.41. The number of aromatic nitrogens is 2. The van der Waals surface area contributed by atoms with Crippen LogP contribution in [0, 0.1) is 0 Å². The Morgan fingerprint density at radius 3 is 2.94 bits per heavy atom. The van der Waals surface area contributed by atoms with Crippen LogP contribution in [0.4, 0.5) is 5.82 Å². The van der Waals surface area contributed by atoms with Crippen LogP contribution in [0.15, 0.2) is 30.6 Å². The smallest absolute Gasteiger partial charge is 0.131 e. The van der Waals surface area contributed by atoms with E-state index < -0.39 is 0 Å². The SMILES string of the molecule is COc1cccc(-c2ncn(C3CC3)c2N)c1. The fraction of sp³-hybridized carbons (Fsp3) is 0.308. The Labute approximate surface area is 100 Å². The van der Waals surface area contributed by atoms with E-state index in [4.69, 9.17) is 10.5 Å². The minimum atomic E-state index is 0.557. The summed E-state index contributed by atoms with van der Waals surface area (Å²) in [5.41, 5.74) is 7.97. The van der Waals surface area contributed by atoms with Gasteiger partial charge in [-0.3, -0.25) is 0 Å². The van der Waals surface area contributed by atoms with Crippen LogP contribution in [-0.2, 0) is 0 Å². The Balaban J connectivity index is 2.02. The van der Waals surface area contributed by atoms with Crippen molar-refractivity contribution in [2.45, 2.75) is 18.9 Å². The van der Waals surface area contributed by atoms with Gasteiger partial charge in [-0.2, -0.15) is 0 Å². The largest absolute Gasteiger partial charge is 0.497 e. The molecule has 3 rings (SSSR count). The third-order valence-electron chi connectivity index (χ3n) is 3.12.